The van der Waals surface area contributed by atoms with E-state index in [2.05, 4.69) is 46.1 Å². The number of nitrogens with zero attached hydrogens (tertiary/aromatic N) is 2. The highest BCUT2D eigenvalue weighted by Crippen LogP contribution is 2.30. The Hall–Kier alpha value is -1.66. The third-order valence-electron chi connectivity index (χ3n) is 3.99. The highest BCUT2D eigenvalue weighted by molar-refractivity contribution is 9.10. The standard InChI is InChI=1S/C18H20BrN3OS/c1-11(2)18-21-13(10-24-18)8-20-16(23)9-22-12(3)17(19)14-6-4-5-7-15(14)22/h4-7,10-11H,8-9H2,1-3H3,(H,20,23). The fourth-order valence-electron chi connectivity index (χ4n) is 2.65. The van der Waals surface area contributed by atoms with Gasteiger partial charge in [0.15, 0.2) is 0 Å². The van der Waals surface area contributed by atoms with E-state index in [0.29, 0.717) is 19.0 Å². The van der Waals surface area contributed by atoms with Gasteiger partial charge in [0.25, 0.3) is 0 Å². The molecule has 0 fully saturated rings. The number of carbonyl (C=O) groups excluding carboxylic acids is 1. The smallest absolute Gasteiger partial charge is 0.240 e. The highest BCUT2D eigenvalue weighted by Gasteiger charge is 2.14. The van der Waals surface area contributed by atoms with Gasteiger partial charge >= 0.3 is 0 Å². The summed E-state index contributed by atoms with van der Waals surface area (Å²) in [6.45, 7) is 7.05. The second-order valence-electron chi connectivity index (χ2n) is 6.11. The van der Waals surface area contributed by atoms with Gasteiger partial charge in [0.05, 0.1) is 17.2 Å². The van der Waals surface area contributed by atoms with Crippen LogP contribution in [-0.2, 0) is 17.9 Å². The molecule has 0 saturated carbocycles. The van der Waals surface area contributed by atoms with Crippen molar-refractivity contribution in [2.45, 2.75) is 39.8 Å². The molecule has 2 aromatic heterocycles. The second-order valence-corrected chi connectivity index (χ2v) is 7.79. The van der Waals surface area contributed by atoms with E-state index in [4.69, 9.17) is 0 Å². The van der Waals surface area contributed by atoms with Crippen LogP contribution in [-0.4, -0.2) is 15.5 Å². The van der Waals surface area contributed by atoms with E-state index in [-0.39, 0.29) is 5.91 Å². The van der Waals surface area contributed by atoms with Crippen LogP contribution in [0.4, 0.5) is 0 Å². The molecule has 0 unspecified atom stereocenters. The van der Waals surface area contributed by atoms with Crippen molar-refractivity contribution in [3.05, 3.63) is 50.5 Å². The van der Waals surface area contributed by atoms with Gasteiger partial charge in [-0.25, -0.2) is 4.98 Å². The highest BCUT2D eigenvalue weighted by atomic mass is 79.9. The van der Waals surface area contributed by atoms with E-state index in [1.54, 1.807) is 11.3 Å². The summed E-state index contributed by atoms with van der Waals surface area (Å²) < 4.78 is 3.09. The van der Waals surface area contributed by atoms with E-state index in [1.165, 1.54) is 0 Å². The number of para-hydroxylation sites is 1. The Bertz CT molecular complexity index is 882. The third-order valence-corrected chi connectivity index (χ3v) is 6.18. The zero-order valence-corrected chi connectivity index (χ0v) is 16.4. The number of hydrogen-bond acceptors (Lipinski definition) is 3. The molecular weight excluding hydrogens is 386 g/mol. The van der Waals surface area contributed by atoms with Crippen LogP contribution in [0.3, 0.4) is 0 Å². The molecule has 1 N–H and O–H groups in total. The molecule has 3 rings (SSSR count). The van der Waals surface area contributed by atoms with E-state index in [9.17, 15) is 4.79 Å². The monoisotopic (exact) mass is 405 g/mol. The summed E-state index contributed by atoms with van der Waals surface area (Å²) in [5, 5.41) is 7.22. The van der Waals surface area contributed by atoms with Gasteiger partial charge in [-0.1, -0.05) is 32.0 Å². The molecule has 0 saturated heterocycles. The number of carbonyl (C=O) groups is 1. The van der Waals surface area contributed by atoms with Crippen molar-refractivity contribution in [3.8, 4) is 0 Å². The predicted molar refractivity (Wildman–Crippen MR) is 102 cm³/mol. The summed E-state index contributed by atoms with van der Waals surface area (Å²) in [6.07, 6.45) is 0. The van der Waals surface area contributed by atoms with Crippen LogP contribution in [0.2, 0.25) is 0 Å². The summed E-state index contributed by atoms with van der Waals surface area (Å²) in [7, 11) is 0. The van der Waals surface area contributed by atoms with Gasteiger partial charge in [-0.3, -0.25) is 4.79 Å². The van der Waals surface area contributed by atoms with Gasteiger partial charge in [-0.05, 0) is 28.9 Å². The molecule has 0 atom stereocenters. The van der Waals surface area contributed by atoms with Crippen LogP contribution in [0, 0.1) is 6.92 Å². The van der Waals surface area contributed by atoms with Gasteiger partial charge in [0.2, 0.25) is 5.91 Å². The lowest BCUT2D eigenvalue weighted by Gasteiger charge is -2.08. The molecule has 0 aliphatic carbocycles. The van der Waals surface area contributed by atoms with E-state index in [1.807, 2.05) is 35.1 Å². The van der Waals surface area contributed by atoms with Gasteiger partial charge in [0.1, 0.15) is 6.54 Å². The normalized spacial score (nSPS) is 11.4. The number of amides is 1. The van der Waals surface area contributed by atoms with Crippen molar-refractivity contribution >= 4 is 44.1 Å². The van der Waals surface area contributed by atoms with Gasteiger partial charge in [-0.2, -0.15) is 0 Å². The van der Waals surface area contributed by atoms with Gasteiger partial charge in [0, 0.05) is 32.4 Å². The Morgan fingerprint density at radius 1 is 1.38 bits per heavy atom. The topological polar surface area (TPSA) is 46.9 Å². The second kappa shape index (κ2) is 7.07. The van der Waals surface area contributed by atoms with Crippen LogP contribution < -0.4 is 5.32 Å². The fourth-order valence-corrected chi connectivity index (χ4v) is 4.03. The lowest BCUT2D eigenvalue weighted by atomic mass is 10.2. The Kier molecular flexibility index (Phi) is 5.06. The van der Waals surface area contributed by atoms with Crippen molar-refractivity contribution in [3.63, 3.8) is 0 Å². The van der Waals surface area contributed by atoms with Gasteiger partial charge < -0.3 is 9.88 Å². The number of nitrogens with one attached hydrogen (secondary N) is 1. The number of thiazole rings is 1. The molecule has 1 amide bonds. The molecule has 0 aliphatic rings. The molecule has 6 heteroatoms. The maximum absolute atomic E-state index is 12.4. The van der Waals surface area contributed by atoms with Crippen LogP contribution in [0.25, 0.3) is 10.9 Å². The minimum Gasteiger partial charge on any atom is -0.349 e. The maximum Gasteiger partial charge on any atom is 0.240 e. The zero-order valence-electron chi connectivity index (χ0n) is 14.0. The molecule has 0 aliphatic heterocycles. The first kappa shape index (κ1) is 17.2. The average molecular weight is 406 g/mol. The van der Waals surface area contributed by atoms with E-state index < -0.39 is 0 Å². The summed E-state index contributed by atoms with van der Waals surface area (Å²) in [5.74, 6) is 0.413. The molecule has 3 aromatic rings. The van der Waals surface area contributed by atoms with Crippen molar-refractivity contribution in [2.24, 2.45) is 0 Å². The Morgan fingerprint density at radius 3 is 2.83 bits per heavy atom. The minimum absolute atomic E-state index is 0.00884. The first-order valence-electron chi connectivity index (χ1n) is 7.91. The molecule has 0 spiro atoms. The molecule has 4 nitrogen and oxygen atoms in total. The number of rotatable bonds is 5. The van der Waals surface area contributed by atoms with Crippen molar-refractivity contribution < 1.29 is 4.79 Å². The molecule has 0 bridgehead atoms. The third kappa shape index (κ3) is 3.39. The molecule has 1 aromatic carbocycles. The van der Waals surface area contributed by atoms with Crippen molar-refractivity contribution in [2.75, 3.05) is 0 Å². The largest absolute Gasteiger partial charge is 0.349 e. The zero-order chi connectivity index (χ0) is 17.3. The van der Waals surface area contributed by atoms with E-state index >= 15 is 0 Å². The van der Waals surface area contributed by atoms with Crippen LogP contribution >= 0.6 is 27.3 Å². The molecule has 24 heavy (non-hydrogen) atoms. The summed E-state index contributed by atoms with van der Waals surface area (Å²) in [5.41, 5.74) is 3.04. The Labute approximate surface area is 154 Å². The molecule has 0 radical (unpaired) electrons. The van der Waals surface area contributed by atoms with Crippen molar-refractivity contribution in [1.29, 1.82) is 0 Å². The summed E-state index contributed by atoms with van der Waals surface area (Å²) >= 11 is 5.27. The Morgan fingerprint density at radius 2 is 2.12 bits per heavy atom. The predicted octanol–water partition coefficient (Wildman–Crippen LogP) is 4.61. The average Bonchev–Trinajstić information content (AvgIpc) is 3.13. The Balaban J connectivity index is 1.70. The van der Waals surface area contributed by atoms with Crippen molar-refractivity contribution in [1.82, 2.24) is 14.9 Å². The maximum atomic E-state index is 12.4. The number of halogens is 1. The lowest BCUT2D eigenvalue weighted by molar-refractivity contribution is -0.121. The quantitative estimate of drug-likeness (QED) is 0.673. The number of benzene rings is 1. The SMILES string of the molecule is Cc1c(Br)c2ccccc2n1CC(=O)NCc1csc(C(C)C)n1. The first-order chi connectivity index (χ1) is 11.5. The first-order valence-corrected chi connectivity index (χ1v) is 9.59. The minimum atomic E-state index is -0.00884. The van der Waals surface area contributed by atoms with E-state index in [0.717, 1.165) is 31.8 Å². The molecular formula is C18H20BrN3OS. The van der Waals surface area contributed by atoms with Crippen LogP contribution in [0.5, 0.6) is 0 Å². The molecule has 126 valence electrons. The summed E-state index contributed by atoms with van der Waals surface area (Å²) in [6, 6.07) is 8.09. The molecule has 2 heterocycles. The fraction of sp³-hybridized carbons (Fsp3) is 0.333. The lowest BCUT2D eigenvalue weighted by Crippen LogP contribution is -2.27. The van der Waals surface area contributed by atoms with Crippen LogP contribution in [0.15, 0.2) is 34.1 Å². The number of fused-ring (bicyclic) bond motifs is 1. The number of hydrogen-bond donors (Lipinski definition) is 1. The summed E-state index contributed by atoms with van der Waals surface area (Å²) in [4.78, 5) is 16.9. The number of aromatic nitrogens is 2. The van der Waals surface area contributed by atoms with Gasteiger partial charge in [-0.15, -0.1) is 11.3 Å². The van der Waals surface area contributed by atoms with Crippen LogP contribution in [0.1, 0.15) is 36.2 Å².